The van der Waals surface area contributed by atoms with Crippen molar-refractivity contribution in [3.63, 3.8) is 0 Å². The van der Waals surface area contributed by atoms with Gasteiger partial charge in [0.2, 0.25) is 0 Å². The van der Waals surface area contributed by atoms with E-state index in [4.69, 9.17) is 4.74 Å². The SMILES string of the molecule is Cc1nc2cc(NC(=O)N3CCOCC3)ccc2n1C. The molecule has 6 heteroatoms. The summed E-state index contributed by atoms with van der Waals surface area (Å²) in [5.41, 5.74) is 2.73. The second-order valence-corrected chi connectivity index (χ2v) is 4.95. The Morgan fingerprint density at radius 1 is 1.35 bits per heavy atom. The number of hydrogen-bond acceptors (Lipinski definition) is 3. The normalized spacial score (nSPS) is 15.6. The minimum absolute atomic E-state index is 0.0831. The number of benzene rings is 1. The topological polar surface area (TPSA) is 59.4 Å². The van der Waals surface area contributed by atoms with Crippen molar-refractivity contribution in [2.75, 3.05) is 31.6 Å². The summed E-state index contributed by atoms with van der Waals surface area (Å²) in [6, 6.07) is 5.70. The fourth-order valence-electron chi connectivity index (χ4n) is 2.37. The molecule has 0 spiro atoms. The van der Waals surface area contributed by atoms with Gasteiger partial charge in [0.15, 0.2) is 0 Å². The number of nitrogens with zero attached hydrogens (tertiary/aromatic N) is 3. The zero-order valence-electron chi connectivity index (χ0n) is 11.7. The maximum absolute atomic E-state index is 12.1. The molecule has 1 aromatic heterocycles. The van der Waals surface area contributed by atoms with Crippen LogP contribution in [0.1, 0.15) is 5.82 Å². The molecule has 1 aliphatic heterocycles. The number of fused-ring (bicyclic) bond motifs is 1. The van der Waals surface area contributed by atoms with Gasteiger partial charge in [-0.1, -0.05) is 0 Å². The van der Waals surface area contributed by atoms with Gasteiger partial charge in [-0.2, -0.15) is 0 Å². The highest BCUT2D eigenvalue weighted by Crippen LogP contribution is 2.19. The number of ether oxygens (including phenoxy) is 1. The molecule has 106 valence electrons. The van der Waals surface area contributed by atoms with Crippen molar-refractivity contribution in [1.29, 1.82) is 0 Å². The third kappa shape index (κ3) is 2.34. The van der Waals surface area contributed by atoms with Crippen LogP contribution in [0, 0.1) is 6.92 Å². The number of aromatic nitrogens is 2. The van der Waals surface area contributed by atoms with Crippen LogP contribution in [-0.2, 0) is 11.8 Å². The van der Waals surface area contributed by atoms with Gasteiger partial charge in [0.1, 0.15) is 5.82 Å². The Balaban J connectivity index is 1.78. The molecule has 2 amide bonds. The third-order valence-electron chi connectivity index (χ3n) is 3.65. The Bertz CT molecular complexity index is 644. The zero-order chi connectivity index (χ0) is 14.1. The van der Waals surface area contributed by atoms with Gasteiger partial charge in [0.05, 0.1) is 24.2 Å². The van der Waals surface area contributed by atoms with Crippen molar-refractivity contribution in [1.82, 2.24) is 14.5 Å². The molecular formula is C14H18N4O2. The number of anilines is 1. The van der Waals surface area contributed by atoms with Crippen molar-refractivity contribution >= 4 is 22.8 Å². The lowest BCUT2D eigenvalue weighted by molar-refractivity contribution is 0.0564. The van der Waals surface area contributed by atoms with Crippen LogP contribution in [0.5, 0.6) is 0 Å². The maximum atomic E-state index is 12.1. The van der Waals surface area contributed by atoms with Gasteiger partial charge in [0.25, 0.3) is 0 Å². The van der Waals surface area contributed by atoms with Gasteiger partial charge in [0, 0.05) is 25.8 Å². The molecule has 3 rings (SSSR count). The van der Waals surface area contributed by atoms with Crippen molar-refractivity contribution in [2.24, 2.45) is 7.05 Å². The number of urea groups is 1. The Hall–Kier alpha value is -2.08. The molecule has 6 nitrogen and oxygen atoms in total. The molecule has 2 heterocycles. The Morgan fingerprint density at radius 2 is 2.10 bits per heavy atom. The minimum Gasteiger partial charge on any atom is -0.378 e. The van der Waals surface area contributed by atoms with Gasteiger partial charge in [-0.15, -0.1) is 0 Å². The molecule has 0 saturated carbocycles. The Kier molecular flexibility index (Phi) is 3.31. The van der Waals surface area contributed by atoms with Crippen LogP contribution in [0.25, 0.3) is 11.0 Å². The summed E-state index contributed by atoms with van der Waals surface area (Å²) < 4.78 is 7.27. The lowest BCUT2D eigenvalue weighted by Crippen LogP contribution is -2.43. The van der Waals surface area contributed by atoms with Crippen molar-refractivity contribution in [2.45, 2.75) is 6.92 Å². The summed E-state index contributed by atoms with van der Waals surface area (Å²) in [4.78, 5) is 18.3. The van der Waals surface area contributed by atoms with E-state index in [9.17, 15) is 4.79 Å². The Labute approximate surface area is 117 Å². The first-order valence-electron chi connectivity index (χ1n) is 6.72. The van der Waals surface area contributed by atoms with Crippen LogP contribution in [0.4, 0.5) is 10.5 Å². The number of carbonyl (C=O) groups excluding carboxylic acids is 1. The molecule has 2 aromatic rings. The van der Waals surface area contributed by atoms with Crippen LogP contribution >= 0.6 is 0 Å². The largest absolute Gasteiger partial charge is 0.378 e. The number of aryl methyl sites for hydroxylation is 2. The maximum Gasteiger partial charge on any atom is 0.322 e. The zero-order valence-corrected chi connectivity index (χ0v) is 11.7. The van der Waals surface area contributed by atoms with Gasteiger partial charge in [-0.05, 0) is 25.1 Å². The van der Waals surface area contributed by atoms with Gasteiger partial charge >= 0.3 is 6.03 Å². The van der Waals surface area contributed by atoms with Gasteiger partial charge in [-0.3, -0.25) is 0 Å². The summed E-state index contributed by atoms with van der Waals surface area (Å²) in [5, 5.41) is 2.91. The van der Waals surface area contributed by atoms with Crippen molar-refractivity contribution in [3.8, 4) is 0 Å². The summed E-state index contributed by atoms with van der Waals surface area (Å²) in [7, 11) is 1.98. The van der Waals surface area contributed by atoms with E-state index in [0.29, 0.717) is 26.3 Å². The van der Waals surface area contributed by atoms with Crippen LogP contribution in [0.15, 0.2) is 18.2 Å². The minimum atomic E-state index is -0.0831. The molecule has 0 unspecified atom stereocenters. The highest BCUT2D eigenvalue weighted by atomic mass is 16.5. The molecule has 20 heavy (non-hydrogen) atoms. The van der Waals surface area contributed by atoms with E-state index in [1.54, 1.807) is 4.90 Å². The molecular weight excluding hydrogens is 256 g/mol. The molecule has 0 aliphatic carbocycles. The van der Waals surface area contributed by atoms with Gasteiger partial charge in [-0.25, -0.2) is 9.78 Å². The molecule has 0 atom stereocenters. The number of nitrogens with one attached hydrogen (secondary N) is 1. The lowest BCUT2D eigenvalue weighted by atomic mass is 10.2. The molecule has 1 saturated heterocycles. The highest BCUT2D eigenvalue weighted by molar-refractivity contribution is 5.92. The van der Waals surface area contributed by atoms with E-state index in [0.717, 1.165) is 22.5 Å². The van der Waals surface area contributed by atoms with Crippen molar-refractivity contribution in [3.05, 3.63) is 24.0 Å². The van der Waals surface area contributed by atoms with Crippen LogP contribution in [0.3, 0.4) is 0 Å². The first kappa shape index (κ1) is 12.9. The van der Waals surface area contributed by atoms with Crippen LogP contribution in [0.2, 0.25) is 0 Å². The summed E-state index contributed by atoms with van der Waals surface area (Å²) >= 11 is 0. The van der Waals surface area contributed by atoms with E-state index >= 15 is 0 Å². The van der Waals surface area contributed by atoms with E-state index in [2.05, 4.69) is 10.3 Å². The number of morpholine rings is 1. The molecule has 1 aliphatic rings. The third-order valence-corrected chi connectivity index (χ3v) is 3.65. The van der Waals surface area contributed by atoms with E-state index < -0.39 is 0 Å². The van der Waals surface area contributed by atoms with E-state index in [-0.39, 0.29) is 6.03 Å². The molecule has 1 aromatic carbocycles. The number of hydrogen-bond donors (Lipinski definition) is 1. The monoisotopic (exact) mass is 274 g/mol. The number of carbonyl (C=O) groups is 1. The quantitative estimate of drug-likeness (QED) is 0.861. The van der Waals surface area contributed by atoms with E-state index in [1.165, 1.54) is 0 Å². The highest BCUT2D eigenvalue weighted by Gasteiger charge is 2.17. The van der Waals surface area contributed by atoms with Gasteiger partial charge < -0.3 is 19.5 Å². The molecule has 1 fully saturated rings. The lowest BCUT2D eigenvalue weighted by Gasteiger charge is -2.26. The predicted molar refractivity (Wildman–Crippen MR) is 76.9 cm³/mol. The fraction of sp³-hybridized carbons (Fsp3) is 0.429. The fourth-order valence-corrected chi connectivity index (χ4v) is 2.37. The average molecular weight is 274 g/mol. The first-order valence-corrected chi connectivity index (χ1v) is 6.72. The molecule has 1 N–H and O–H groups in total. The van der Waals surface area contributed by atoms with Crippen molar-refractivity contribution < 1.29 is 9.53 Å². The van der Waals surface area contributed by atoms with Crippen LogP contribution < -0.4 is 5.32 Å². The second kappa shape index (κ2) is 5.13. The summed E-state index contributed by atoms with van der Waals surface area (Å²) in [6.45, 7) is 4.44. The predicted octanol–water partition coefficient (Wildman–Crippen LogP) is 1.75. The number of imidazole rings is 1. The number of rotatable bonds is 1. The smallest absolute Gasteiger partial charge is 0.322 e. The number of amides is 2. The molecule has 0 bridgehead atoms. The molecule has 0 radical (unpaired) electrons. The van der Waals surface area contributed by atoms with Crippen LogP contribution in [-0.4, -0.2) is 46.8 Å². The first-order chi connectivity index (χ1) is 9.65. The average Bonchev–Trinajstić information content (AvgIpc) is 2.74. The summed E-state index contributed by atoms with van der Waals surface area (Å²) in [6.07, 6.45) is 0. The second-order valence-electron chi connectivity index (χ2n) is 4.95. The Morgan fingerprint density at radius 3 is 2.85 bits per heavy atom. The van der Waals surface area contributed by atoms with E-state index in [1.807, 2.05) is 36.7 Å². The summed E-state index contributed by atoms with van der Waals surface area (Å²) in [5.74, 6) is 0.955. The standard InChI is InChI=1S/C14H18N4O2/c1-10-15-12-9-11(3-4-13(12)17(10)2)16-14(19)18-5-7-20-8-6-18/h3-4,9H,5-8H2,1-2H3,(H,16,19).